The first-order chi connectivity index (χ1) is 9.49. The maximum absolute atomic E-state index is 12.3. The Morgan fingerprint density at radius 3 is 2.10 bits per heavy atom. The first-order valence-corrected chi connectivity index (χ1v) is 7.49. The smallest absolute Gasteiger partial charge is 0.248 e. The SMILES string of the molecule is Cc1cc(C)c(C(=O)[P+](=O)Oc2ccccc2)c(C)c1. The Hall–Kier alpha value is -1.99. The van der Waals surface area contributed by atoms with Gasteiger partial charge in [-0.3, -0.25) is 0 Å². The lowest BCUT2D eigenvalue weighted by Gasteiger charge is -2.04. The Labute approximate surface area is 119 Å². The first-order valence-electron chi connectivity index (χ1n) is 6.31. The van der Waals surface area contributed by atoms with Crippen molar-refractivity contribution in [3.05, 3.63) is 64.7 Å². The number of benzene rings is 2. The average Bonchev–Trinajstić information content (AvgIpc) is 2.38. The van der Waals surface area contributed by atoms with E-state index in [9.17, 15) is 9.36 Å². The van der Waals surface area contributed by atoms with Crippen LogP contribution in [0.4, 0.5) is 0 Å². The number of hydrogen-bond acceptors (Lipinski definition) is 3. The van der Waals surface area contributed by atoms with Gasteiger partial charge in [0.25, 0.3) is 0 Å². The van der Waals surface area contributed by atoms with Crippen LogP contribution in [0.15, 0.2) is 42.5 Å². The largest absolute Gasteiger partial charge is 0.641 e. The molecular formula is C16H16O3P+. The van der Waals surface area contributed by atoms with Gasteiger partial charge in [0.2, 0.25) is 0 Å². The molecule has 0 saturated carbocycles. The predicted molar refractivity (Wildman–Crippen MR) is 79.7 cm³/mol. The van der Waals surface area contributed by atoms with E-state index in [0.717, 1.165) is 16.7 Å². The van der Waals surface area contributed by atoms with E-state index in [1.54, 1.807) is 24.3 Å². The molecule has 1 unspecified atom stereocenters. The minimum Gasteiger partial charge on any atom is -0.248 e. The van der Waals surface area contributed by atoms with Crippen molar-refractivity contribution in [2.24, 2.45) is 0 Å². The molecule has 0 aliphatic carbocycles. The van der Waals surface area contributed by atoms with E-state index in [1.807, 2.05) is 39.0 Å². The van der Waals surface area contributed by atoms with E-state index < -0.39 is 13.6 Å². The van der Waals surface area contributed by atoms with Crippen LogP contribution in [-0.4, -0.2) is 5.52 Å². The second-order valence-corrected chi connectivity index (χ2v) is 5.84. The number of carbonyl (C=O) groups is 1. The van der Waals surface area contributed by atoms with Crippen LogP contribution in [0.25, 0.3) is 0 Å². The minimum atomic E-state index is -2.43. The molecule has 0 radical (unpaired) electrons. The maximum atomic E-state index is 12.3. The van der Waals surface area contributed by atoms with Crippen molar-refractivity contribution in [1.82, 2.24) is 0 Å². The van der Waals surface area contributed by atoms with Crippen LogP contribution in [0.1, 0.15) is 27.0 Å². The molecule has 0 aliphatic rings. The van der Waals surface area contributed by atoms with Gasteiger partial charge < -0.3 is 0 Å². The van der Waals surface area contributed by atoms with E-state index >= 15 is 0 Å². The molecule has 102 valence electrons. The van der Waals surface area contributed by atoms with Crippen molar-refractivity contribution in [1.29, 1.82) is 0 Å². The average molecular weight is 287 g/mol. The molecule has 3 nitrogen and oxygen atoms in total. The van der Waals surface area contributed by atoms with Crippen LogP contribution < -0.4 is 4.52 Å². The highest BCUT2D eigenvalue weighted by molar-refractivity contribution is 7.60. The molecular weight excluding hydrogens is 271 g/mol. The standard InChI is InChI=1S/C16H16O3P/c1-11-9-12(2)15(13(3)10-11)16(17)20(18)19-14-7-5-4-6-8-14/h4-10H,1-3H3/q+1. The van der Waals surface area contributed by atoms with Crippen LogP contribution in [-0.2, 0) is 4.57 Å². The van der Waals surface area contributed by atoms with E-state index in [4.69, 9.17) is 4.52 Å². The third-order valence-corrected chi connectivity index (χ3v) is 3.92. The molecule has 0 heterocycles. The number of para-hydroxylation sites is 1. The molecule has 0 bridgehead atoms. The third-order valence-electron chi connectivity index (χ3n) is 2.99. The Morgan fingerprint density at radius 1 is 1.00 bits per heavy atom. The second kappa shape index (κ2) is 5.98. The molecule has 0 fully saturated rings. The van der Waals surface area contributed by atoms with E-state index in [1.165, 1.54) is 0 Å². The van der Waals surface area contributed by atoms with E-state index in [2.05, 4.69) is 0 Å². The molecule has 0 saturated heterocycles. The molecule has 4 heteroatoms. The van der Waals surface area contributed by atoms with Crippen molar-refractivity contribution in [2.45, 2.75) is 20.8 Å². The van der Waals surface area contributed by atoms with Gasteiger partial charge in [-0.05, 0) is 48.6 Å². The summed E-state index contributed by atoms with van der Waals surface area (Å²) in [5.74, 6) is 0.435. The fourth-order valence-electron chi connectivity index (χ4n) is 2.23. The van der Waals surface area contributed by atoms with Gasteiger partial charge in [-0.1, -0.05) is 35.9 Å². The predicted octanol–water partition coefficient (Wildman–Crippen LogP) is 4.57. The lowest BCUT2D eigenvalue weighted by Crippen LogP contribution is -2.03. The van der Waals surface area contributed by atoms with Crippen LogP contribution in [0, 0.1) is 20.8 Å². The third kappa shape index (κ3) is 3.12. The van der Waals surface area contributed by atoms with Crippen LogP contribution in [0.3, 0.4) is 0 Å². The second-order valence-electron chi connectivity index (χ2n) is 4.74. The summed E-state index contributed by atoms with van der Waals surface area (Å²) in [7, 11) is -2.43. The van der Waals surface area contributed by atoms with Gasteiger partial charge in [0.05, 0.1) is 5.56 Å². The summed E-state index contributed by atoms with van der Waals surface area (Å²) < 4.78 is 17.3. The normalized spacial score (nSPS) is 11.1. The van der Waals surface area contributed by atoms with Crippen molar-refractivity contribution in [2.75, 3.05) is 0 Å². The molecule has 0 aromatic heterocycles. The molecule has 2 aromatic carbocycles. The van der Waals surface area contributed by atoms with Crippen LogP contribution in [0.2, 0.25) is 0 Å². The fraction of sp³-hybridized carbons (Fsp3) is 0.188. The molecule has 2 rings (SSSR count). The summed E-state index contributed by atoms with van der Waals surface area (Å²) in [6.07, 6.45) is 0. The van der Waals surface area contributed by atoms with Crippen LogP contribution >= 0.6 is 8.03 Å². The van der Waals surface area contributed by atoms with Gasteiger partial charge in [0.1, 0.15) is 0 Å². The van der Waals surface area contributed by atoms with Crippen LogP contribution in [0.5, 0.6) is 5.75 Å². The highest BCUT2D eigenvalue weighted by atomic mass is 31.1. The highest BCUT2D eigenvalue weighted by Gasteiger charge is 2.36. The Bertz CT molecular complexity index is 640. The molecule has 1 atom stereocenters. The first kappa shape index (κ1) is 14.4. The lowest BCUT2D eigenvalue weighted by molar-refractivity contribution is 0.106. The zero-order valence-electron chi connectivity index (χ0n) is 11.7. The fourth-order valence-corrected chi connectivity index (χ4v) is 3.16. The summed E-state index contributed by atoms with van der Waals surface area (Å²) in [6.45, 7) is 5.66. The van der Waals surface area contributed by atoms with E-state index in [0.29, 0.717) is 11.3 Å². The van der Waals surface area contributed by atoms with Gasteiger partial charge in [-0.25, -0.2) is 9.32 Å². The number of hydrogen-bond donors (Lipinski definition) is 0. The zero-order chi connectivity index (χ0) is 14.7. The summed E-state index contributed by atoms with van der Waals surface area (Å²) in [6, 6.07) is 12.5. The van der Waals surface area contributed by atoms with Gasteiger partial charge in [-0.15, -0.1) is 0 Å². The van der Waals surface area contributed by atoms with Crippen molar-refractivity contribution < 1.29 is 13.9 Å². The molecule has 20 heavy (non-hydrogen) atoms. The van der Waals surface area contributed by atoms with Gasteiger partial charge in [-0.2, -0.15) is 0 Å². The summed E-state index contributed by atoms with van der Waals surface area (Å²) in [5.41, 5.74) is 2.77. The Morgan fingerprint density at radius 2 is 1.55 bits per heavy atom. The number of rotatable bonds is 4. The zero-order valence-corrected chi connectivity index (χ0v) is 12.6. The quantitative estimate of drug-likeness (QED) is 0.773. The van der Waals surface area contributed by atoms with E-state index in [-0.39, 0.29) is 0 Å². The number of carbonyl (C=O) groups excluding carboxylic acids is 1. The Kier molecular flexibility index (Phi) is 4.31. The molecule has 0 spiro atoms. The summed E-state index contributed by atoms with van der Waals surface area (Å²) in [5, 5.41) is 0. The van der Waals surface area contributed by atoms with Crippen molar-refractivity contribution >= 4 is 13.6 Å². The van der Waals surface area contributed by atoms with Crippen molar-refractivity contribution in [3.8, 4) is 5.75 Å². The lowest BCUT2D eigenvalue weighted by atomic mass is 10.0. The van der Waals surface area contributed by atoms with Gasteiger partial charge in [0.15, 0.2) is 5.75 Å². The topological polar surface area (TPSA) is 43.4 Å². The Balaban J connectivity index is 2.26. The summed E-state index contributed by atoms with van der Waals surface area (Å²) in [4.78, 5) is 12.3. The molecule has 0 aliphatic heterocycles. The highest BCUT2D eigenvalue weighted by Crippen LogP contribution is 2.33. The number of aryl methyl sites for hydroxylation is 3. The monoisotopic (exact) mass is 287 g/mol. The van der Waals surface area contributed by atoms with Crippen molar-refractivity contribution in [3.63, 3.8) is 0 Å². The summed E-state index contributed by atoms with van der Waals surface area (Å²) >= 11 is 0. The molecule has 0 N–H and O–H groups in total. The molecule has 0 amide bonds. The minimum absolute atomic E-state index is 0.435. The van der Waals surface area contributed by atoms with Gasteiger partial charge >= 0.3 is 13.6 Å². The maximum Gasteiger partial charge on any atom is 0.641 e. The van der Waals surface area contributed by atoms with Gasteiger partial charge in [0, 0.05) is 0 Å². The molecule has 2 aromatic rings.